The van der Waals surface area contributed by atoms with Crippen LogP contribution in [0.5, 0.6) is 0 Å². The third kappa shape index (κ3) is 1.35. The maximum atomic E-state index is 6.33. The third-order valence-corrected chi connectivity index (χ3v) is 3.68. The van der Waals surface area contributed by atoms with Gasteiger partial charge in [0.25, 0.3) is 0 Å². The van der Waals surface area contributed by atoms with Gasteiger partial charge in [-0.05, 0) is 18.9 Å². The second-order valence-electron chi connectivity index (χ2n) is 4.85. The fourth-order valence-corrected chi connectivity index (χ4v) is 2.81. The second-order valence-corrected chi connectivity index (χ2v) is 4.85. The minimum absolute atomic E-state index is 0.750. The number of benzene rings is 1. The highest BCUT2D eigenvalue weighted by atomic mass is 15.5. The van der Waals surface area contributed by atoms with Crippen LogP contribution in [-0.4, -0.2) is 14.9 Å². The molecule has 0 amide bonds. The summed E-state index contributed by atoms with van der Waals surface area (Å²) < 4.78 is 0. The van der Waals surface area contributed by atoms with Gasteiger partial charge in [-0.25, -0.2) is 0 Å². The molecule has 4 rings (SSSR count). The van der Waals surface area contributed by atoms with Crippen LogP contribution >= 0.6 is 0 Å². The number of nitrogens with zero attached hydrogens (tertiary/aromatic N) is 3. The first-order valence-electron chi connectivity index (χ1n) is 6.25. The minimum Gasteiger partial charge on any atom is -0.398 e. The number of rotatable bonds is 0. The Bertz CT molecular complexity index is 803. The normalized spacial score (nSPS) is 13.3. The van der Waals surface area contributed by atoms with Crippen LogP contribution in [0.4, 0.5) is 5.69 Å². The van der Waals surface area contributed by atoms with E-state index in [4.69, 9.17) is 16.6 Å². The molecule has 0 spiro atoms. The molecule has 5 heteroatoms. The van der Waals surface area contributed by atoms with Gasteiger partial charge in [-0.15, -0.1) is 0 Å². The number of nitrogen functional groups attached to an aromatic ring is 2. The van der Waals surface area contributed by atoms with Crippen molar-refractivity contribution in [2.24, 2.45) is 0 Å². The lowest BCUT2D eigenvalue weighted by molar-refractivity contribution is 0.835. The molecule has 1 aliphatic rings. The zero-order chi connectivity index (χ0) is 13.0. The summed E-state index contributed by atoms with van der Waals surface area (Å²) in [6.45, 7) is 0. The van der Waals surface area contributed by atoms with Crippen molar-refractivity contribution in [1.29, 1.82) is 0 Å². The highest BCUT2D eigenvalue weighted by Gasteiger charge is 2.24. The van der Waals surface area contributed by atoms with E-state index >= 15 is 0 Å². The Kier molecular flexibility index (Phi) is 1.90. The van der Waals surface area contributed by atoms with Crippen LogP contribution in [-0.2, 0) is 12.8 Å². The van der Waals surface area contributed by atoms with E-state index in [1.165, 1.54) is 4.79 Å². The van der Waals surface area contributed by atoms with E-state index in [-0.39, 0.29) is 0 Å². The first-order chi connectivity index (χ1) is 9.24. The van der Waals surface area contributed by atoms with Crippen LogP contribution < -0.4 is 11.6 Å². The van der Waals surface area contributed by atoms with Gasteiger partial charge in [0.15, 0.2) is 0 Å². The number of hydrogen-bond acceptors (Lipinski definition) is 4. The van der Waals surface area contributed by atoms with Crippen LogP contribution in [0.3, 0.4) is 0 Å². The summed E-state index contributed by atoms with van der Waals surface area (Å²) in [5, 5.41) is 5.31. The maximum absolute atomic E-state index is 6.33. The van der Waals surface area contributed by atoms with Crippen LogP contribution in [0, 0.1) is 0 Å². The van der Waals surface area contributed by atoms with Crippen LogP contribution in [0.2, 0.25) is 0 Å². The Balaban J connectivity index is 2.12. The molecule has 19 heavy (non-hydrogen) atoms. The molecule has 0 radical (unpaired) electrons. The highest BCUT2D eigenvalue weighted by molar-refractivity contribution is 5.99. The van der Waals surface area contributed by atoms with Gasteiger partial charge in [-0.3, -0.25) is 4.98 Å². The van der Waals surface area contributed by atoms with Gasteiger partial charge >= 0.3 is 0 Å². The number of nitrogens with two attached hydrogens (primary N) is 2. The number of pyridine rings is 1. The fourth-order valence-electron chi connectivity index (χ4n) is 2.81. The van der Waals surface area contributed by atoms with E-state index in [0.717, 1.165) is 51.9 Å². The Morgan fingerprint density at radius 1 is 1.16 bits per heavy atom. The molecule has 4 N–H and O–H groups in total. The van der Waals surface area contributed by atoms with E-state index in [1.807, 2.05) is 30.5 Å². The van der Waals surface area contributed by atoms with Crippen LogP contribution in [0.25, 0.3) is 22.2 Å². The van der Waals surface area contributed by atoms with E-state index in [9.17, 15) is 0 Å². The molecule has 0 atom stereocenters. The standard InChI is InChI=1S/C14H13N5/c15-13-9-3-1-2-4-10(9)17-11-6-5-8-7-19(16)18-14(8)12(11)13/h1-4,7H,5-6,16H2,(H2,15,17). The van der Waals surface area contributed by atoms with Gasteiger partial charge in [0.2, 0.25) is 0 Å². The van der Waals surface area contributed by atoms with Gasteiger partial charge in [0.1, 0.15) is 5.69 Å². The minimum atomic E-state index is 0.750. The van der Waals surface area contributed by atoms with E-state index in [1.54, 1.807) is 0 Å². The molecule has 0 saturated heterocycles. The summed E-state index contributed by atoms with van der Waals surface area (Å²) in [5.74, 6) is 5.72. The smallest absolute Gasteiger partial charge is 0.101 e. The lowest BCUT2D eigenvalue weighted by atomic mass is 9.91. The van der Waals surface area contributed by atoms with Gasteiger partial charge in [0.05, 0.1) is 23.1 Å². The van der Waals surface area contributed by atoms with Crippen molar-refractivity contribution >= 4 is 16.6 Å². The molecular formula is C14H13N5. The Hall–Kier alpha value is -2.56. The molecule has 3 aromatic rings. The Morgan fingerprint density at radius 2 is 2.00 bits per heavy atom. The van der Waals surface area contributed by atoms with Crippen molar-refractivity contribution in [2.75, 3.05) is 11.6 Å². The first kappa shape index (κ1) is 10.4. The molecular weight excluding hydrogens is 238 g/mol. The molecule has 1 aliphatic carbocycles. The molecule has 5 nitrogen and oxygen atoms in total. The first-order valence-corrected chi connectivity index (χ1v) is 6.25. The predicted molar refractivity (Wildman–Crippen MR) is 74.9 cm³/mol. The van der Waals surface area contributed by atoms with Crippen LogP contribution in [0.1, 0.15) is 11.3 Å². The van der Waals surface area contributed by atoms with Gasteiger partial charge in [-0.1, -0.05) is 18.2 Å². The van der Waals surface area contributed by atoms with Crippen molar-refractivity contribution < 1.29 is 0 Å². The average molecular weight is 251 g/mol. The van der Waals surface area contributed by atoms with Crippen molar-refractivity contribution in [3.05, 3.63) is 41.7 Å². The van der Waals surface area contributed by atoms with Crippen molar-refractivity contribution in [3.8, 4) is 11.3 Å². The molecule has 0 fully saturated rings. The zero-order valence-corrected chi connectivity index (χ0v) is 10.3. The van der Waals surface area contributed by atoms with E-state index in [0.29, 0.717) is 0 Å². The SMILES string of the molecule is Nc1c2c(nc3ccccc13)CCc1cn(N)nc1-2. The number of fused-ring (bicyclic) bond motifs is 4. The summed E-state index contributed by atoms with van der Waals surface area (Å²) >= 11 is 0. The van der Waals surface area contributed by atoms with Gasteiger partial charge < -0.3 is 11.6 Å². The summed E-state index contributed by atoms with van der Waals surface area (Å²) in [7, 11) is 0. The topological polar surface area (TPSA) is 82.8 Å². The van der Waals surface area contributed by atoms with E-state index in [2.05, 4.69) is 5.10 Å². The van der Waals surface area contributed by atoms with Gasteiger partial charge in [-0.2, -0.15) is 9.89 Å². The number of anilines is 1. The number of para-hydroxylation sites is 1. The highest BCUT2D eigenvalue weighted by Crippen LogP contribution is 2.38. The second kappa shape index (κ2) is 3.47. The van der Waals surface area contributed by atoms with Gasteiger partial charge in [0, 0.05) is 16.5 Å². The average Bonchev–Trinajstić information content (AvgIpc) is 2.79. The Labute approximate surface area is 109 Å². The summed E-state index contributed by atoms with van der Waals surface area (Å²) in [5.41, 5.74) is 12.0. The van der Waals surface area contributed by atoms with E-state index < -0.39 is 0 Å². The van der Waals surface area contributed by atoms with Crippen molar-refractivity contribution in [2.45, 2.75) is 12.8 Å². The molecule has 0 aliphatic heterocycles. The zero-order valence-electron chi connectivity index (χ0n) is 10.3. The quantitative estimate of drug-likeness (QED) is 0.593. The molecule has 0 saturated carbocycles. The van der Waals surface area contributed by atoms with Crippen LogP contribution in [0.15, 0.2) is 30.5 Å². The van der Waals surface area contributed by atoms with Crippen molar-refractivity contribution in [1.82, 2.24) is 14.9 Å². The molecule has 0 unspecified atom stereocenters. The third-order valence-electron chi connectivity index (χ3n) is 3.68. The monoisotopic (exact) mass is 251 g/mol. The largest absolute Gasteiger partial charge is 0.398 e. The number of aromatic nitrogens is 3. The summed E-state index contributed by atoms with van der Waals surface area (Å²) in [4.78, 5) is 6.07. The Morgan fingerprint density at radius 3 is 2.89 bits per heavy atom. The molecule has 2 heterocycles. The predicted octanol–water partition coefficient (Wildman–Crippen LogP) is 1.49. The summed E-state index contributed by atoms with van der Waals surface area (Å²) in [6, 6.07) is 7.93. The summed E-state index contributed by atoms with van der Waals surface area (Å²) in [6.07, 6.45) is 3.64. The fraction of sp³-hybridized carbons (Fsp3) is 0.143. The molecule has 0 bridgehead atoms. The number of hydrogen-bond donors (Lipinski definition) is 2. The lowest BCUT2D eigenvalue weighted by Crippen LogP contribution is -2.09. The maximum Gasteiger partial charge on any atom is 0.101 e. The van der Waals surface area contributed by atoms with Crippen molar-refractivity contribution in [3.63, 3.8) is 0 Å². The molecule has 1 aromatic carbocycles. The number of aryl methyl sites for hydroxylation is 2. The molecule has 94 valence electrons. The lowest BCUT2D eigenvalue weighted by Gasteiger charge is -2.17. The molecule has 2 aromatic heterocycles.